The average Bonchev–Trinajstić information content (AvgIpc) is 2.38. The van der Waals surface area contributed by atoms with Crippen molar-refractivity contribution in [2.24, 2.45) is 0 Å². The van der Waals surface area contributed by atoms with Gasteiger partial charge in [0.2, 0.25) is 5.91 Å². The van der Waals surface area contributed by atoms with Crippen LogP contribution in [0.3, 0.4) is 0 Å². The molecule has 0 aliphatic rings. The van der Waals surface area contributed by atoms with Gasteiger partial charge >= 0.3 is 5.97 Å². The summed E-state index contributed by atoms with van der Waals surface area (Å²) in [6, 6.07) is 8.71. The molecule has 0 saturated carbocycles. The lowest BCUT2D eigenvalue weighted by atomic mass is 10.0. The molecular formula is C14H19NO3S. The number of hydrogen-bond acceptors (Lipinski definition) is 3. The summed E-state index contributed by atoms with van der Waals surface area (Å²) in [5, 5.41) is 12.0. The maximum absolute atomic E-state index is 11.9. The van der Waals surface area contributed by atoms with E-state index in [2.05, 4.69) is 5.32 Å². The molecule has 0 bridgehead atoms. The van der Waals surface area contributed by atoms with Crippen molar-refractivity contribution in [3.05, 3.63) is 35.9 Å². The molecule has 5 heteroatoms. The Balaban J connectivity index is 2.70. The minimum absolute atomic E-state index is 0.108. The summed E-state index contributed by atoms with van der Waals surface area (Å²) in [7, 11) is 0. The first-order valence-corrected chi connectivity index (χ1v) is 7.40. The van der Waals surface area contributed by atoms with Crippen LogP contribution in [0.5, 0.6) is 0 Å². The van der Waals surface area contributed by atoms with Gasteiger partial charge < -0.3 is 10.4 Å². The number of benzene rings is 1. The van der Waals surface area contributed by atoms with Crippen LogP contribution >= 0.6 is 11.8 Å². The molecule has 0 aliphatic heterocycles. The van der Waals surface area contributed by atoms with E-state index in [0.717, 1.165) is 5.56 Å². The Labute approximate surface area is 117 Å². The van der Waals surface area contributed by atoms with E-state index in [9.17, 15) is 9.59 Å². The van der Waals surface area contributed by atoms with E-state index in [1.54, 1.807) is 11.8 Å². The summed E-state index contributed by atoms with van der Waals surface area (Å²) in [5.41, 5.74) is 0.815. The number of aliphatic carboxylic acids is 1. The number of hydrogen-bond donors (Lipinski definition) is 2. The van der Waals surface area contributed by atoms with Crippen LogP contribution in [0.15, 0.2) is 30.3 Å². The zero-order chi connectivity index (χ0) is 14.3. The highest BCUT2D eigenvalue weighted by molar-refractivity contribution is 7.99. The van der Waals surface area contributed by atoms with Crippen LogP contribution in [0, 0.1) is 0 Å². The highest BCUT2D eigenvalue weighted by Crippen LogP contribution is 2.17. The Bertz CT molecular complexity index is 422. The van der Waals surface area contributed by atoms with Crippen molar-refractivity contribution in [3.8, 4) is 0 Å². The summed E-state index contributed by atoms with van der Waals surface area (Å²) in [6.45, 7) is 1.97. The maximum Gasteiger partial charge on any atom is 0.305 e. The first-order valence-electron chi connectivity index (χ1n) is 6.11. The Morgan fingerprint density at radius 2 is 1.89 bits per heavy atom. The van der Waals surface area contributed by atoms with Gasteiger partial charge in [-0.1, -0.05) is 37.3 Å². The van der Waals surface area contributed by atoms with Gasteiger partial charge in [0.15, 0.2) is 0 Å². The predicted molar refractivity (Wildman–Crippen MR) is 77.2 cm³/mol. The van der Waals surface area contributed by atoms with Crippen LogP contribution < -0.4 is 5.32 Å². The van der Waals surface area contributed by atoms with E-state index in [4.69, 9.17) is 5.11 Å². The molecule has 1 amide bonds. The van der Waals surface area contributed by atoms with Crippen LogP contribution in [0.4, 0.5) is 0 Å². The van der Waals surface area contributed by atoms with E-state index in [-0.39, 0.29) is 17.6 Å². The largest absolute Gasteiger partial charge is 0.481 e. The number of carboxylic acids is 1. The standard InChI is InChI=1S/C14H19NO3S/c1-10(19-2)8-13(16)15-12(9-14(17)18)11-6-4-3-5-7-11/h3-7,10,12H,8-9H2,1-2H3,(H,15,16)(H,17,18). The molecule has 0 saturated heterocycles. The predicted octanol–water partition coefficient (Wildman–Crippen LogP) is 2.46. The Hall–Kier alpha value is -1.49. The number of rotatable bonds is 7. The fourth-order valence-electron chi connectivity index (χ4n) is 1.71. The second-order valence-corrected chi connectivity index (χ2v) is 5.66. The van der Waals surface area contributed by atoms with Crippen LogP contribution in [0.2, 0.25) is 0 Å². The van der Waals surface area contributed by atoms with Crippen molar-refractivity contribution in [1.82, 2.24) is 5.32 Å². The van der Waals surface area contributed by atoms with Crippen molar-refractivity contribution in [1.29, 1.82) is 0 Å². The Morgan fingerprint density at radius 1 is 1.26 bits per heavy atom. The van der Waals surface area contributed by atoms with E-state index < -0.39 is 12.0 Å². The zero-order valence-corrected chi connectivity index (χ0v) is 11.9. The molecule has 0 heterocycles. The third-order valence-electron chi connectivity index (χ3n) is 2.79. The molecule has 2 atom stereocenters. The molecule has 0 aromatic heterocycles. The van der Waals surface area contributed by atoms with Gasteiger partial charge in [-0.15, -0.1) is 0 Å². The lowest BCUT2D eigenvalue weighted by molar-refractivity contribution is -0.137. The monoisotopic (exact) mass is 281 g/mol. The van der Waals surface area contributed by atoms with Crippen molar-refractivity contribution in [2.75, 3.05) is 6.26 Å². The van der Waals surface area contributed by atoms with E-state index >= 15 is 0 Å². The minimum Gasteiger partial charge on any atom is -0.481 e. The molecule has 104 valence electrons. The Kier molecular flexibility index (Phi) is 6.42. The number of carboxylic acid groups (broad SMARTS) is 1. The van der Waals surface area contributed by atoms with Crippen molar-refractivity contribution >= 4 is 23.6 Å². The number of carbonyl (C=O) groups excluding carboxylic acids is 1. The maximum atomic E-state index is 11.9. The Morgan fingerprint density at radius 3 is 2.42 bits per heavy atom. The quantitative estimate of drug-likeness (QED) is 0.805. The fraction of sp³-hybridized carbons (Fsp3) is 0.429. The molecular weight excluding hydrogens is 262 g/mol. The van der Waals surface area contributed by atoms with E-state index in [1.165, 1.54) is 0 Å². The van der Waals surface area contributed by atoms with Gasteiger partial charge in [0.25, 0.3) is 0 Å². The van der Waals surface area contributed by atoms with Gasteiger partial charge in [-0.3, -0.25) is 9.59 Å². The topological polar surface area (TPSA) is 66.4 Å². The number of nitrogens with one attached hydrogen (secondary N) is 1. The van der Waals surface area contributed by atoms with E-state index in [0.29, 0.717) is 6.42 Å². The van der Waals surface area contributed by atoms with Gasteiger partial charge in [0.05, 0.1) is 12.5 Å². The summed E-state index contributed by atoms with van der Waals surface area (Å²) in [6.07, 6.45) is 2.23. The number of amides is 1. The molecule has 0 radical (unpaired) electrons. The van der Waals surface area contributed by atoms with Gasteiger partial charge in [-0.05, 0) is 11.8 Å². The second-order valence-electron chi connectivity index (χ2n) is 4.38. The van der Waals surface area contributed by atoms with Crippen molar-refractivity contribution in [3.63, 3.8) is 0 Å². The van der Waals surface area contributed by atoms with Crippen molar-refractivity contribution < 1.29 is 14.7 Å². The molecule has 19 heavy (non-hydrogen) atoms. The smallest absolute Gasteiger partial charge is 0.305 e. The van der Waals surface area contributed by atoms with Crippen LogP contribution in [0.25, 0.3) is 0 Å². The SMILES string of the molecule is CSC(C)CC(=O)NC(CC(=O)O)c1ccccc1. The molecule has 0 fully saturated rings. The van der Waals surface area contributed by atoms with E-state index in [1.807, 2.05) is 43.5 Å². The molecule has 0 spiro atoms. The highest BCUT2D eigenvalue weighted by Gasteiger charge is 2.18. The number of thioether (sulfide) groups is 1. The molecule has 0 aliphatic carbocycles. The second kappa shape index (κ2) is 7.84. The average molecular weight is 281 g/mol. The van der Waals surface area contributed by atoms with Gasteiger partial charge in [0, 0.05) is 11.7 Å². The first-order chi connectivity index (χ1) is 9.02. The summed E-state index contributed by atoms with van der Waals surface area (Å²) in [5.74, 6) is -1.04. The van der Waals surface area contributed by atoms with Gasteiger partial charge in [0.1, 0.15) is 0 Å². The van der Waals surface area contributed by atoms with Gasteiger partial charge in [-0.25, -0.2) is 0 Å². The molecule has 4 nitrogen and oxygen atoms in total. The summed E-state index contributed by atoms with van der Waals surface area (Å²) < 4.78 is 0. The van der Waals surface area contributed by atoms with Crippen LogP contribution in [-0.4, -0.2) is 28.5 Å². The molecule has 1 aromatic carbocycles. The third kappa shape index (κ3) is 5.79. The minimum atomic E-state index is -0.924. The molecule has 1 aromatic rings. The summed E-state index contributed by atoms with van der Waals surface area (Å²) in [4.78, 5) is 22.7. The normalized spacial score (nSPS) is 13.6. The molecule has 2 unspecified atom stereocenters. The first kappa shape index (κ1) is 15.6. The lowest BCUT2D eigenvalue weighted by Gasteiger charge is -2.18. The molecule has 1 rings (SSSR count). The van der Waals surface area contributed by atoms with Crippen LogP contribution in [-0.2, 0) is 9.59 Å². The highest BCUT2D eigenvalue weighted by atomic mass is 32.2. The third-order valence-corrected chi connectivity index (χ3v) is 3.76. The van der Waals surface area contributed by atoms with Gasteiger partial charge in [-0.2, -0.15) is 11.8 Å². The fourth-order valence-corrected chi connectivity index (χ4v) is 2.03. The number of carbonyl (C=O) groups is 2. The zero-order valence-electron chi connectivity index (χ0n) is 11.1. The van der Waals surface area contributed by atoms with Crippen LogP contribution in [0.1, 0.15) is 31.4 Å². The lowest BCUT2D eigenvalue weighted by Crippen LogP contribution is -2.31. The summed E-state index contributed by atoms with van der Waals surface area (Å²) >= 11 is 1.61. The van der Waals surface area contributed by atoms with Crippen molar-refractivity contribution in [2.45, 2.75) is 31.1 Å². The molecule has 2 N–H and O–H groups in total.